The van der Waals surface area contributed by atoms with Crippen LogP contribution in [0.3, 0.4) is 0 Å². The van der Waals surface area contributed by atoms with E-state index in [-0.39, 0.29) is 16.0 Å². The predicted molar refractivity (Wildman–Crippen MR) is 113 cm³/mol. The maximum Gasteiger partial charge on any atom is 0.343 e. The monoisotopic (exact) mass is 441 g/mol. The van der Waals surface area contributed by atoms with Crippen molar-refractivity contribution in [3.05, 3.63) is 80.0 Å². The van der Waals surface area contributed by atoms with Crippen LogP contribution in [0.5, 0.6) is 5.75 Å². The maximum atomic E-state index is 12.7. The van der Waals surface area contributed by atoms with Crippen LogP contribution in [-0.4, -0.2) is 29.1 Å². The molecule has 2 heterocycles. The third-order valence-corrected chi connectivity index (χ3v) is 5.46. The zero-order valence-corrected chi connectivity index (χ0v) is 17.0. The number of carbonyl (C=O) groups excluding carboxylic acids is 3. The van der Waals surface area contributed by atoms with E-state index >= 15 is 0 Å². The first-order valence-corrected chi connectivity index (χ1v) is 9.76. The van der Waals surface area contributed by atoms with Crippen LogP contribution < -0.4 is 10.4 Å². The van der Waals surface area contributed by atoms with E-state index in [4.69, 9.17) is 20.8 Å². The summed E-state index contributed by atoms with van der Waals surface area (Å²) in [7, 11) is 1.51. The van der Waals surface area contributed by atoms with Gasteiger partial charge in [-0.15, -0.1) is 0 Å². The van der Waals surface area contributed by atoms with Gasteiger partial charge in [0.2, 0.25) is 0 Å². The average molecular weight is 442 g/mol. The molecular formula is C21H12ClNO6S. The highest BCUT2D eigenvalue weighted by Gasteiger charge is 2.40. The smallest absolute Gasteiger partial charge is 0.343 e. The molecule has 1 aliphatic heterocycles. The summed E-state index contributed by atoms with van der Waals surface area (Å²) >= 11 is 6.37. The van der Waals surface area contributed by atoms with Crippen LogP contribution in [0.25, 0.3) is 17.0 Å². The second-order valence-corrected chi connectivity index (χ2v) is 7.65. The van der Waals surface area contributed by atoms with E-state index in [1.807, 2.05) is 0 Å². The Hall–Kier alpha value is -3.36. The molecule has 0 saturated carbocycles. The molecule has 0 bridgehead atoms. The normalized spacial score (nSPS) is 15.3. The van der Waals surface area contributed by atoms with Crippen molar-refractivity contribution in [1.82, 2.24) is 4.90 Å². The van der Waals surface area contributed by atoms with Crippen molar-refractivity contribution in [1.29, 1.82) is 0 Å². The van der Waals surface area contributed by atoms with Crippen molar-refractivity contribution < 1.29 is 23.5 Å². The van der Waals surface area contributed by atoms with Crippen LogP contribution in [0.2, 0.25) is 5.02 Å². The van der Waals surface area contributed by atoms with E-state index in [0.29, 0.717) is 38.4 Å². The van der Waals surface area contributed by atoms with E-state index in [2.05, 4.69) is 0 Å². The van der Waals surface area contributed by atoms with Crippen LogP contribution in [0.1, 0.15) is 15.9 Å². The fraction of sp³-hybridized carbons (Fsp3) is 0.0476. The Kier molecular flexibility index (Phi) is 5.19. The Morgan fingerprint density at radius 1 is 1.10 bits per heavy atom. The summed E-state index contributed by atoms with van der Waals surface area (Å²) in [5, 5.41) is 0.245. The second kappa shape index (κ2) is 7.81. The molecule has 0 unspecified atom stereocenters. The number of benzene rings is 2. The number of methoxy groups -OCH3 is 1. The van der Waals surface area contributed by atoms with Gasteiger partial charge in [0.1, 0.15) is 11.3 Å². The molecule has 4 rings (SSSR count). The quantitative estimate of drug-likeness (QED) is 0.339. The lowest BCUT2D eigenvalue weighted by Gasteiger charge is -2.10. The number of carbonyl (C=O) groups is 3. The van der Waals surface area contributed by atoms with Crippen molar-refractivity contribution in [3.8, 4) is 5.75 Å². The molecule has 0 aliphatic carbocycles. The SMILES string of the molecule is COc1ccc2oc(=O)c(/C=C3\SC(=O)N(C(=O)c4ccc(Cl)cc4)C3=O)cc2c1. The fourth-order valence-electron chi connectivity index (χ4n) is 2.85. The Bertz CT molecular complexity index is 1300. The van der Waals surface area contributed by atoms with E-state index in [1.54, 1.807) is 18.2 Å². The number of fused-ring (bicyclic) bond motifs is 1. The molecule has 1 aromatic heterocycles. The van der Waals surface area contributed by atoms with Crippen molar-refractivity contribution >= 4 is 57.5 Å². The Labute approximate surface area is 178 Å². The number of hydrogen-bond acceptors (Lipinski definition) is 7. The van der Waals surface area contributed by atoms with Crippen LogP contribution in [0.15, 0.2) is 62.6 Å². The Morgan fingerprint density at radius 2 is 1.83 bits per heavy atom. The standard InChI is InChI=1S/C21H12ClNO6S/c1-28-15-6-7-16-12(9-15)8-13(20(26)29-16)10-17-19(25)23(21(27)30-17)18(24)11-2-4-14(22)5-3-11/h2-10H,1H3/b17-10-. The van der Waals surface area contributed by atoms with Crippen LogP contribution in [0.4, 0.5) is 4.79 Å². The van der Waals surface area contributed by atoms with E-state index < -0.39 is 22.7 Å². The molecular weight excluding hydrogens is 430 g/mol. The molecule has 7 nitrogen and oxygen atoms in total. The first kappa shape index (κ1) is 19.9. The van der Waals surface area contributed by atoms with Crippen LogP contribution >= 0.6 is 23.4 Å². The number of rotatable bonds is 3. The topological polar surface area (TPSA) is 93.9 Å². The van der Waals surface area contributed by atoms with E-state index in [0.717, 1.165) is 0 Å². The number of ether oxygens (including phenoxy) is 1. The van der Waals surface area contributed by atoms with Crippen LogP contribution in [0, 0.1) is 0 Å². The van der Waals surface area contributed by atoms with Crippen molar-refractivity contribution in [2.45, 2.75) is 0 Å². The summed E-state index contributed by atoms with van der Waals surface area (Å²) in [4.78, 5) is 50.4. The molecule has 3 aromatic rings. The lowest BCUT2D eigenvalue weighted by molar-refractivity contribution is -0.120. The summed E-state index contributed by atoms with van der Waals surface area (Å²) in [5.74, 6) is -1.01. The van der Waals surface area contributed by atoms with E-state index in [9.17, 15) is 19.2 Å². The number of halogens is 1. The summed E-state index contributed by atoms with van der Waals surface area (Å²) < 4.78 is 10.4. The van der Waals surface area contributed by atoms with Gasteiger partial charge in [0.25, 0.3) is 11.8 Å². The van der Waals surface area contributed by atoms with Gasteiger partial charge in [-0.05, 0) is 66.4 Å². The van der Waals surface area contributed by atoms with Crippen molar-refractivity contribution in [3.63, 3.8) is 0 Å². The average Bonchev–Trinajstić information content (AvgIpc) is 3.01. The Balaban J connectivity index is 1.69. The number of nitrogens with zero attached hydrogens (tertiary/aromatic N) is 1. The predicted octanol–water partition coefficient (Wildman–Crippen LogP) is 4.33. The fourth-order valence-corrected chi connectivity index (χ4v) is 3.79. The van der Waals surface area contributed by atoms with Crippen LogP contribution in [-0.2, 0) is 4.79 Å². The molecule has 1 fully saturated rings. The summed E-state index contributed by atoms with van der Waals surface area (Å²) in [6, 6.07) is 12.3. The molecule has 0 spiro atoms. The maximum absolute atomic E-state index is 12.7. The first-order chi connectivity index (χ1) is 14.4. The zero-order chi connectivity index (χ0) is 21.4. The summed E-state index contributed by atoms with van der Waals surface area (Å²) in [6.45, 7) is 0. The first-order valence-electron chi connectivity index (χ1n) is 8.57. The van der Waals surface area contributed by atoms with Gasteiger partial charge in [0, 0.05) is 16.0 Å². The second-order valence-electron chi connectivity index (χ2n) is 6.22. The Morgan fingerprint density at radius 3 is 2.53 bits per heavy atom. The zero-order valence-electron chi connectivity index (χ0n) is 15.4. The molecule has 1 saturated heterocycles. The molecule has 1 aliphatic rings. The van der Waals surface area contributed by atoms with Gasteiger partial charge in [0.05, 0.1) is 17.6 Å². The molecule has 0 atom stereocenters. The number of hydrogen-bond donors (Lipinski definition) is 0. The third-order valence-electron chi connectivity index (χ3n) is 4.34. The minimum Gasteiger partial charge on any atom is -0.497 e. The number of thioether (sulfide) groups is 1. The highest BCUT2D eigenvalue weighted by molar-refractivity contribution is 8.18. The van der Waals surface area contributed by atoms with Crippen molar-refractivity contribution in [2.24, 2.45) is 0 Å². The number of imide groups is 3. The molecule has 0 radical (unpaired) electrons. The lowest BCUT2D eigenvalue weighted by Crippen LogP contribution is -2.34. The van der Waals surface area contributed by atoms with Gasteiger partial charge >= 0.3 is 10.9 Å². The molecule has 0 N–H and O–H groups in total. The highest BCUT2D eigenvalue weighted by atomic mass is 35.5. The molecule has 150 valence electrons. The molecule has 30 heavy (non-hydrogen) atoms. The van der Waals surface area contributed by atoms with Gasteiger partial charge in [-0.3, -0.25) is 14.4 Å². The molecule has 2 aromatic carbocycles. The van der Waals surface area contributed by atoms with Gasteiger partial charge in [0.15, 0.2) is 0 Å². The van der Waals surface area contributed by atoms with E-state index in [1.165, 1.54) is 43.5 Å². The van der Waals surface area contributed by atoms with Gasteiger partial charge in [-0.2, -0.15) is 0 Å². The summed E-state index contributed by atoms with van der Waals surface area (Å²) in [5.41, 5.74) is -0.118. The van der Waals surface area contributed by atoms with Gasteiger partial charge < -0.3 is 9.15 Å². The van der Waals surface area contributed by atoms with Gasteiger partial charge in [-0.25, -0.2) is 9.69 Å². The summed E-state index contributed by atoms with van der Waals surface area (Å²) in [6.07, 6.45) is 1.24. The molecule has 9 heteroatoms. The minimum atomic E-state index is -0.810. The minimum absolute atomic E-state index is 0.0585. The highest BCUT2D eigenvalue weighted by Crippen LogP contribution is 2.33. The molecule has 3 amide bonds. The number of amides is 3. The lowest BCUT2D eigenvalue weighted by atomic mass is 10.1. The largest absolute Gasteiger partial charge is 0.497 e. The van der Waals surface area contributed by atoms with Gasteiger partial charge in [-0.1, -0.05) is 11.6 Å². The van der Waals surface area contributed by atoms with Crippen molar-refractivity contribution in [2.75, 3.05) is 7.11 Å². The third kappa shape index (κ3) is 3.62.